The van der Waals surface area contributed by atoms with E-state index in [1.807, 2.05) is 32.0 Å². The van der Waals surface area contributed by atoms with Crippen molar-refractivity contribution in [1.29, 1.82) is 0 Å². The Morgan fingerprint density at radius 1 is 1.03 bits per heavy atom. The van der Waals surface area contributed by atoms with Crippen LogP contribution in [0.4, 0.5) is 0 Å². The van der Waals surface area contributed by atoms with Crippen LogP contribution in [-0.4, -0.2) is 42.8 Å². The Labute approximate surface area is 174 Å². The second kappa shape index (κ2) is 8.52. The topological polar surface area (TPSA) is 82.1 Å². The van der Waals surface area contributed by atoms with Crippen molar-refractivity contribution in [3.05, 3.63) is 58.7 Å². The number of hydrogen-bond acceptors (Lipinski definition) is 6. The number of carbonyl (C=O) groups excluding carboxylic acids is 2. The van der Waals surface area contributed by atoms with Crippen LogP contribution < -0.4 is 0 Å². The summed E-state index contributed by atoms with van der Waals surface area (Å²) in [5.74, 6) is -0.329. The van der Waals surface area contributed by atoms with Gasteiger partial charge in [0.2, 0.25) is 0 Å². The highest BCUT2D eigenvalue weighted by Crippen LogP contribution is 2.35. The second-order valence-electron chi connectivity index (χ2n) is 7.65. The van der Waals surface area contributed by atoms with E-state index in [0.29, 0.717) is 6.29 Å². The minimum atomic E-state index is -0.863. The van der Waals surface area contributed by atoms with Crippen molar-refractivity contribution >= 4 is 33.8 Å². The standard InChI is InChI=1S/C24H24O6/c1-14-4-6-18-19(7-14)21(11-28-16(9-25)10-26)17-5-3-15(2)8-20(17)22(18)12-29-23-13-30-24(23)27/h3-9,16,23,26H,10-13H2,1-2H3. The number of benzene rings is 3. The molecular weight excluding hydrogens is 384 g/mol. The lowest BCUT2D eigenvalue weighted by atomic mass is 9.90. The summed E-state index contributed by atoms with van der Waals surface area (Å²) in [6, 6.07) is 12.4. The minimum absolute atomic E-state index is 0.194. The van der Waals surface area contributed by atoms with Gasteiger partial charge in [0, 0.05) is 0 Å². The molecule has 0 saturated carbocycles. The first-order valence-electron chi connectivity index (χ1n) is 9.92. The van der Waals surface area contributed by atoms with Crippen LogP contribution in [0.15, 0.2) is 36.4 Å². The zero-order valence-electron chi connectivity index (χ0n) is 17.0. The smallest absolute Gasteiger partial charge is 0.338 e. The number of carbonyl (C=O) groups is 2. The maximum absolute atomic E-state index is 11.5. The molecule has 1 heterocycles. The number of aldehydes is 1. The maximum atomic E-state index is 11.5. The molecule has 1 fully saturated rings. The van der Waals surface area contributed by atoms with Crippen molar-refractivity contribution in [2.45, 2.75) is 39.3 Å². The number of aliphatic hydroxyl groups excluding tert-OH is 1. The SMILES string of the molecule is Cc1ccc2c(COC3COC3=O)c3cc(C)ccc3c(COC(C=O)CO)c2c1. The summed E-state index contributed by atoms with van der Waals surface area (Å²) >= 11 is 0. The van der Waals surface area contributed by atoms with Gasteiger partial charge < -0.3 is 24.1 Å². The first-order valence-corrected chi connectivity index (χ1v) is 9.92. The highest BCUT2D eigenvalue weighted by Gasteiger charge is 2.32. The Morgan fingerprint density at radius 3 is 2.10 bits per heavy atom. The fourth-order valence-corrected chi connectivity index (χ4v) is 3.79. The molecule has 1 saturated heterocycles. The number of cyclic esters (lactones) is 1. The van der Waals surface area contributed by atoms with Gasteiger partial charge >= 0.3 is 5.97 Å². The van der Waals surface area contributed by atoms with E-state index >= 15 is 0 Å². The van der Waals surface area contributed by atoms with Gasteiger partial charge in [0.1, 0.15) is 12.7 Å². The summed E-state index contributed by atoms with van der Waals surface area (Å²) < 4.78 is 16.3. The first-order chi connectivity index (χ1) is 14.5. The van der Waals surface area contributed by atoms with Crippen LogP contribution in [0.1, 0.15) is 22.3 Å². The molecule has 0 spiro atoms. The molecular formula is C24H24O6. The molecule has 6 nitrogen and oxygen atoms in total. The van der Waals surface area contributed by atoms with Gasteiger partial charge in [-0.2, -0.15) is 0 Å². The molecule has 2 atom stereocenters. The molecule has 6 heteroatoms. The number of aliphatic hydroxyl groups is 1. The number of aryl methyl sites for hydroxylation is 2. The number of ether oxygens (including phenoxy) is 3. The van der Waals surface area contributed by atoms with Crippen LogP contribution in [0.3, 0.4) is 0 Å². The Balaban J connectivity index is 1.87. The quantitative estimate of drug-likeness (QED) is 0.350. The van der Waals surface area contributed by atoms with Crippen molar-refractivity contribution in [3.8, 4) is 0 Å². The first kappa shape index (κ1) is 20.5. The zero-order chi connectivity index (χ0) is 21.3. The number of hydrogen-bond donors (Lipinski definition) is 1. The van der Waals surface area contributed by atoms with Crippen LogP contribution in [0.25, 0.3) is 21.5 Å². The number of rotatable bonds is 8. The highest BCUT2D eigenvalue weighted by molar-refractivity contribution is 6.06. The van der Waals surface area contributed by atoms with Gasteiger partial charge in [-0.15, -0.1) is 0 Å². The summed E-state index contributed by atoms with van der Waals surface area (Å²) in [6.45, 7) is 4.45. The van der Waals surface area contributed by atoms with E-state index in [2.05, 4.69) is 18.2 Å². The molecule has 1 aliphatic heterocycles. The van der Waals surface area contributed by atoms with E-state index in [1.54, 1.807) is 0 Å². The van der Waals surface area contributed by atoms with E-state index in [1.165, 1.54) is 0 Å². The van der Waals surface area contributed by atoms with Crippen LogP contribution in [0, 0.1) is 13.8 Å². The summed E-state index contributed by atoms with van der Waals surface area (Å²) in [7, 11) is 0. The summed E-state index contributed by atoms with van der Waals surface area (Å²) in [4.78, 5) is 22.6. The Bertz CT molecular complexity index is 1050. The average Bonchev–Trinajstić information content (AvgIpc) is 2.74. The monoisotopic (exact) mass is 408 g/mol. The lowest BCUT2D eigenvalue weighted by Crippen LogP contribution is -2.42. The van der Waals surface area contributed by atoms with E-state index in [4.69, 9.17) is 14.2 Å². The zero-order valence-corrected chi connectivity index (χ0v) is 17.0. The number of fused-ring (bicyclic) bond motifs is 2. The average molecular weight is 408 g/mol. The third-order valence-electron chi connectivity index (χ3n) is 5.49. The summed E-state index contributed by atoms with van der Waals surface area (Å²) in [6.07, 6.45) is -0.774. The van der Waals surface area contributed by atoms with E-state index in [9.17, 15) is 14.7 Å². The third-order valence-corrected chi connectivity index (χ3v) is 5.49. The van der Waals surface area contributed by atoms with Gasteiger partial charge in [-0.3, -0.25) is 0 Å². The van der Waals surface area contributed by atoms with Crippen molar-refractivity contribution in [2.24, 2.45) is 0 Å². The lowest BCUT2D eigenvalue weighted by Gasteiger charge is -2.25. The van der Waals surface area contributed by atoms with Gasteiger partial charge in [-0.05, 0) is 46.5 Å². The van der Waals surface area contributed by atoms with Gasteiger partial charge in [-0.25, -0.2) is 4.79 Å². The predicted octanol–water partition coefficient (Wildman–Crippen LogP) is 3.13. The van der Waals surface area contributed by atoms with Crippen molar-refractivity contribution in [2.75, 3.05) is 13.2 Å². The Morgan fingerprint density at radius 2 is 1.63 bits per heavy atom. The molecule has 0 amide bonds. The molecule has 30 heavy (non-hydrogen) atoms. The van der Waals surface area contributed by atoms with Crippen LogP contribution in [0.2, 0.25) is 0 Å². The molecule has 0 aliphatic carbocycles. The molecule has 3 aromatic rings. The third kappa shape index (κ3) is 3.81. The molecule has 0 radical (unpaired) electrons. The van der Waals surface area contributed by atoms with Crippen LogP contribution in [-0.2, 0) is 37.0 Å². The second-order valence-corrected chi connectivity index (χ2v) is 7.65. The predicted molar refractivity (Wildman–Crippen MR) is 112 cm³/mol. The summed E-state index contributed by atoms with van der Waals surface area (Å²) in [5.41, 5.74) is 4.15. The fraction of sp³-hybridized carbons (Fsp3) is 0.333. The normalized spacial score (nSPS) is 17.0. The molecule has 0 aromatic heterocycles. The van der Waals surface area contributed by atoms with E-state index in [0.717, 1.165) is 43.8 Å². The molecule has 156 valence electrons. The lowest BCUT2D eigenvalue weighted by molar-refractivity contribution is -0.187. The number of esters is 1. The Kier molecular flexibility index (Phi) is 5.81. The van der Waals surface area contributed by atoms with Gasteiger partial charge in [0.05, 0.1) is 19.8 Å². The molecule has 3 aromatic carbocycles. The largest absolute Gasteiger partial charge is 0.460 e. The van der Waals surface area contributed by atoms with Gasteiger partial charge in [-0.1, -0.05) is 47.5 Å². The minimum Gasteiger partial charge on any atom is -0.460 e. The molecule has 1 N–H and O–H groups in total. The van der Waals surface area contributed by atoms with E-state index < -0.39 is 12.2 Å². The molecule has 4 rings (SSSR count). The van der Waals surface area contributed by atoms with Crippen LogP contribution >= 0.6 is 0 Å². The molecule has 1 aliphatic rings. The van der Waals surface area contributed by atoms with E-state index in [-0.39, 0.29) is 32.4 Å². The fourth-order valence-electron chi connectivity index (χ4n) is 3.79. The van der Waals surface area contributed by atoms with Crippen molar-refractivity contribution in [3.63, 3.8) is 0 Å². The van der Waals surface area contributed by atoms with Gasteiger partial charge in [0.25, 0.3) is 0 Å². The molecule has 0 bridgehead atoms. The summed E-state index contributed by atoms with van der Waals surface area (Å²) in [5, 5.41) is 13.3. The van der Waals surface area contributed by atoms with Crippen LogP contribution in [0.5, 0.6) is 0 Å². The highest BCUT2D eigenvalue weighted by atomic mass is 16.6. The van der Waals surface area contributed by atoms with Crippen molar-refractivity contribution in [1.82, 2.24) is 0 Å². The Hall–Kier alpha value is -2.80. The van der Waals surface area contributed by atoms with Gasteiger partial charge in [0.15, 0.2) is 12.4 Å². The molecule has 2 unspecified atom stereocenters. The van der Waals surface area contributed by atoms with Crippen molar-refractivity contribution < 1.29 is 28.9 Å². The maximum Gasteiger partial charge on any atom is 0.338 e.